The van der Waals surface area contributed by atoms with E-state index in [9.17, 15) is 23.7 Å². The largest absolute Gasteiger partial charge is 0.295 e. The van der Waals surface area contributed by atoms with Crippen molar-refractivity contribution in [2.24, 2.45) is 0 Å². The van der Waals surface area contributed by atoms with Crippen molar-refractivity contribution >= 4 is 11.5 Å². The van der Waals surface area contributed by atoms with E-state index < -0.39 is 28.4 Å². The summed E-state index contributed by atoms with van der Waals surface area (Å²) in [5.41, 5.74) is -1.22. The standard InChI is InChI=1S/C10H9F2NO3/c1-5-3-7(6(2)14)4-8(13(15)16)9(5)10(11)12/h3-4,10H,1-2H3. The maximum Gasteiger partial charge on any atom is 0.279 e. The molecule has 0 saturated heterocycles. The van der Waals surface area contributed by atoms with Gasteiger partial charge in [0.1, 0.15) is 0 Å². The zero-order chi connectivity index (χ0) is 12.5. The highest BCUT2D eigenvalue weighted by Gasteiger charge is 2.25. The number of rotatable bonds is 3. The van der Waals surface area contributed by atoms with E-state index in [1.54, 1.807) is 0 Å². The molecule has 0 bridgehead atoms. The number of carbonyl (C=O) groups excluding carboxylic acids is 1. The van der Waals surface area contributed by atoms with Gasteiger partial charge in [-0.1, -0.05) is 0 Å². The van der Waals surface area contributed by atoms with Crippen LogP contribution in [-0.2, 0) is 0 Å². The number of hydrogen-bond acceptors (Lipinski definition) is 3. The molecular formula is C10H9F2NO3. The van der Waals surface area contributed by atoms with E-state index in [1.807, 2.05) is 0 Å². The molecule has 0 radical (unpaired) electrons. The van der Waals surface area contributed by atoms with Gasteiger partial charge in [0, 0.05) is 11.6 Å². The number of hydrogen-bond donors (Lipinski definition) is 0. The quantitative estimate of drug-likeness (QED) is 0.454. The minimum Gasteiger partial charge on any atom is -0.295 e. The summed E-state index contributed by atoms with van der Waals surface area (Å²) in [5, 5.41) is 10.6. The molecule has 86 valence electrons. The van der Waals surface area contributed by atoms with Crippen LogP contribution in [0.15, 0.2) is 12.1 Å². The fraction of sp³-hybridized carbons (Fsp3) is 0.300. The predicted octanol–water partition coefficient (Wildman–Crippen LogP) is 3.04. The molecule has 0 heterocycles. The Labute approximate surface area is 90.0 Å². The van der Waals surface area contributed by atoms with Crippen LogP contribution in [0, 0.1) is 17.0 Å². The highest BCUT2D eigenvalue weighted by atomic mass is 19.3. The third-order valence-electron chi connectivity index (χ3n) is 2.19. The number of aryl methyl sites for hydroxylation is 1. The fourth-order valence-corrected chi connectivity index (χ4v) is 1.42. The van der Waals surface area contributed by atoms with E-state index in [4.69, 9.17) is 0 Å². The number of halogens is 2. The highest BCUT2D eigenvalue weighted by molar-refractivity contribution is 5.95. The molecule has 0 saturated carbocycles. The van der Waals surface area contributed by atoms with Crippen LogP contribution in [0.5, 0.6) is 0 Å². The van der Waals surface area contributed by atoms with Gasteiger partial charge in [0.2, 0.25) is 0 Å². The SMILES string of the molecule is CC(=O)c1cc(C)c(C(F)F)c([N+](=O)[O-])c1. The number of nitrogens with zero attached hydrogens (tertiary/aromatic N) is 1. The molecule has 0 fully saturated rings. The lowest BCUT2D eigenvalue weighted by molar-refractivity contribution is -0.386. The maximum atomic E-state index is 12.6. The van der Waals surface area contributed by atoms with Gasteiger partial charge in [-0.2, -0.15) is 0 Å². The second kappa shape index (κ2) is 4.34. The Morgan fingerprint density at radius 1 is 1.44 bits per heavy atom. The van der Waals surface area contributed by atoms with E-state index in [-0.39, 0.29) is 11.1 Å². The Balaban J connectivity index is 3.52. The summed E-state index contributed by atoms with van der Waals surface area (Å²) in [7, 11) is 0. The summed E-state index contributed by atoms with van der Waals surface area (Å²) >= 11 is 0. The molecule has 0 unspecified atom stereocenters. The van der Waals surface area contributed by atoms with Crippen LogP contribution in [0.2, 0.25) is 0 Å². The highest BCUT2D eigenvalue weighted by Crippen LogP contribution is 2.32. The molecule has 1 rings (SSSR count). The van der Waals surface area contributed by atoms with Gasteiger partial charge in [-0.3, -0.25) is 14.9 Å². The summed E-state index contributed by atoms with van der Waals surface area (Å²) in [6, 6.07) is 2.12. The van der Waals surface area contributed by atoms with E-state index in [1.165, 1.54) is 19.9 Å². The smallest absolute Gasteiger partial charge is 0.279 e. The van der Waals surface area contributed by atoms with E-state index in [0.29, 0.717) is 0 Å². The van der Waals surface area contributed by atoms with Crippen LogP contribution in [0.3, 0.4) is 0 Å². The van der Waals surface area contributed by atoms with E-state index >= 15 is 0 Å². The number of Topliss-reactive ketones (excluding diaryl/α,β-unsaturated/α-hetero) is 1. The number of carbonyl (C=O) groups is 1. The lowest BCUT2D eigenvalue weighted by Crippen LogP contribution is -2.03. The van der Waals surface area contributed by atoms with Crippen molar-refractivity contribution in [3.05, 3.63) is 38.9 Å². The zero-order valence-electron chi connectivity index (χ0n) is 8.66. The Hall–Kier alpha value is -1.85. The summed E-state index contributed by atoms with van der Waals surface area (Å²) in [4.78, 5) is 20.8. The molecule has 6 heteroatoms. The van der Waals surface area contributed by atoms with E-state index in [0.717, 1.165) is 6.07 Å². The predicted molar refractivity (Wildman–Crippen MR) is 52.8 cm³/mol. The van der Waals surface area contributed by atoms with Gasteiger partial charge in [0.25, 0.3) is 12.1 Å². The summed E-state index contributed by atoms with van der Waals surface area (Å²) in [6.07, 6.45) is -2.93. The molecule has 0 aliphatic carbocycles. The normalized spacial score (nSPS) is 10.6. The molecule has 4 nitrogen and oxygen atoms in total. The summed E-state index contributed by atoms with van der Waals surface area (Å²) < 4.78 is 25.2. The van der Waals surface area contributed by atoms with Crippen molar-refractivity contribution in [1.29, 1.82) is 0 Å². The summed E-state index contributed by atoms with van der Waals surface area (Å²) in [5.74, 6) is -0.396. The first-order valence-corrected chi connectivity index (χ1v) is 4.42. The Bertz CT molecular complexity index is 458. The second-order valence-electron chi connectivity index (χ2n) is 3.34. The van der Waals surface area contributed by atoms with Crippen LogP contribution < -0.4 is 0 Å². The molecule has 0 spiro atoms. The van der Waals surface area contributed by atoms with Crippen molar-refractivity contribution in [2.45, 2.75) is 20.3 Å². The molecule has 1 aromatic carbocycles. The first-order valence-electron chi connectivity index (χ1n) is 4.42. The van der Waals surface area contributed by atoms with Crippen molar-refractivity contribution < 1.29 is 18.5 Å². The van der Waals surface area contributed by atoms with Gasteiger partial charge >= 0.3 is 0 Å². The van der Waals surface area contributed by atoms with Gasteiger partial charge in [0.05, 0.1) is 10.5 Å². The number of nitro benzene ring substituents is 1. The van der Waals surface area contributed by atoms with Gasteiger partial charge < -0.3 is 0 Å². The van der Waals surface area contributed by atoms with Crippen LogP contribution in [0.1, 0.15) is 34.8 Å². The lowest BCUT2D eigenvalue weighted by atomic mass is 10.0. The Morgan fingerprint density at radius 2 is 2.00 bits per heavy atom. The molecule has 0 aliphatic rings. The van der Waals surface area contributed by atoms with Gasteiger partial charge in [-0.15, -0.1) is 0 Å². The molecule has 16 heavy (non-hydrogen) atoms. The lowest BCUT2D eigenvalue weighted by Gasteiger charge is -2.07. The number of ketones is 1. The fourth-order valence-electron chi connectivity index (χ4n) is 1.42. The van der Waals surface area contributed by atoms with Gasteiger partial charge in [-0.05, 0) is 25.5 Å². The average Bonchev–Trinajstić information content (AvgIpc) is 2.15. The minimum atomic E-state index is -2.93. The van der Waals surface area contributed by atoms with Crippen molar-refractivity contribution in [3.8, 4) is 0 Å². The molecule has 0 N–H and O–H groups in total. The molecule has 0 atom stereocenters. The monoisotopic (exact) mass is 229 g/mol. The first kappa shape index (κ1) is 12.2. The molecule has 0 aromatic heterocycles. The third-order valence-corrected chi connectivity index (χ3v) is 2.19. The molecule has 1 aromatic rings. The zero-order valence-corrected chi connectivity index (χ0v) is 8.66. The van der Waals surface area contributed by atoms with Gasteiger partial charge in [-0.25, -0.2) is 8.78 Å². The van der Waals surface area contributed by atoms with Crippen molar-refractivity contribution in [1.82, 2.24) is 0 Å². The van der Waals surface area contributed by atoms with Crippen LogP contribution in [0.25, 0.3) is 0 Å². The minimum absolute atomic E-state index is 0.0504. The van der Waals surface area contributed by atoms with Gasteiger partial charge in [0.15, 0.2) is 5.78 Å². The second-order valence-corrected chi connectivity index (χ2v) is 3.34. The Morgan fingerprint density at radius 3 is 2.38 bits per heavy atom. The van der Waals surface area contributed by atoms with Crippen molar-refractivity contribution in [3.63, 3.8) is 0 Å². The van der Waals surface area contributed by atoms with Crippen LogP contribution in [0.4, 0.5) is 14.5 Å². The Kier molecular flexibility index (Phi) is 3.31. The summed E-state index contributed by atoms with van der Waals surface area (Å²) in [6.45, 7) is 2.54. The maximum absolute atomic E-state index is 12.6. The average molecular weight is 229 g/mol. The topological polar surface area (TPSA) is 60.2 Å². The number of benzene rings is 1. The first-order chi connectivity index (χ1) is 7.34. The number of nitro groups is 1. The molecule has 0 aliphatic heterocycles. The molecular weight excluding hydrogens is 220 g/mol. The number of alkyl halides is 2. The van der Waals surface area contributed by atoms with Crippen LogP contribution >= 0.6 is 0 Å². The van der Waals surface area contributed by atoms with E-state index in [2.05, 4.69) is 0 Å². The molecule has 0 amide bonds. The van der Waals surface area contributed by atoms with Crippen LogP contribution in [-0.4, -0.2) is 10.7 Å². The van der Waals surface area contributed by atoms with Crippen molar-refractivity contribution in [2.75, 3.05) is 0 Å². The third kappa shape index (κ3) is 2.21.